The first-order valence-electron chi connectivity index (χ1n) is 10.7. The molecule has 1 aromatic carbocycles. The van der Waals surface area contributed by atoms with Crippen LogP contribution in [-0.4, -0.2) is 22.8 Å². The van der Waals surface area contributed by atoms with Crippen LogP contribution in [0.4, 0.5) is 11.4 Å². The van der Waals surface area contributed by atoms with Crippen LogP contribution in [0.25, 0.3) is 0 Å². The number of hydrogen-bond acceptors (Lipinski definition) is 4. The van der Waals surface area contributed by atoms with Crippen molar-refractivity contribution in [1.29, 1.82) is 0 Å². The Morgan fingerprint density at radius 2 is 1.73 bits per heavy atom. The van der Waals surface area contributed by atoms with Gasteiger partial charge in [-0.15, -0.1) is 11.6 Å². The van der Waals surface area contributed by atoms with Gasteiger partial charge in [0.05, 0.1) is 5.69 Å². The third-order valence-corrected chi connectivity index (χ3v) is 5.33. The average molecular weight is 432 g/mol. The molecule has 1 heterocycles. The summed E-state index contributed by atoms with van der Waals surface area (Å²) in [6.45, 7) is 12.5. The van der Waals surface area contributed by atoms with E-state index in [0.717, 1.165) is 47.5 Å². The summed E-state index contributed by atoms with van der Waals surface area (Å²) in [5, 5.41) is 6.55. The molecule has 0 radical (unpaired) electrons. The average Bonchev–Trinajstić information content (AvgIpc) is 2.70. The number of aryl methyl sites for hydroxylation is 4. The fourth-order valence-electron chi connectivity index (χ4n) is 3.49. The Balaban J connectivity index is 2.59. The predicted molar refractivity (Wildman–Crippen MR) is 126 cm³/mol. The highest BCUT2D eigenvalue weighted by Gasteiger charge is 2.20. The van der Waals surface area contributed by atoms with Crippen LogP contribution >= 0.6 is 11.6 Å². The van der Waals surface area contributed by atoms with E-state index in [1.54, 1.807) is 0 Å². The van der Waals surface area contributed by atoms with Gasteiger partial charge in [-0.05, 0) is 57.2 Å². The maximum absolute atomic E-state index is 12.4. The van der Waals surface area contributed by atoms with Crippen molar-refractivity contribution in [2.75, 3.05) is 16.5 Å². The molecule has 0 aliphatic heterocycles. The Hall–Kier alpha value is -2.27. The molecule has 2 N–H and O–H groups in total. The van der Waals surface area contributed by atoms with Crippen molar-refractivity contribution in [2.45, 2.75) is 73.3 Å². The maximum atomic E-state index is 12.4. The molecular formula is C24H34ClN3O2. The minimum absolute atomic E-state index is 0.161. The summed E-state index contributed by atoms with van der Waals surface area (Å²) in [7, 11) is 0. The van der Waals surface area contributed by atoms with Crippen molar-refractivity contribution in [3.8, 4) is 11.6 Å². The van der Waals surface area contributed by atoms with Gasteiger partial charge in [-0.25, -0.2) is 4.98 Å². The van der Waals surface area contributed by atoms with E-state index in [2.05, 4.69) is 50.5 Å². The highest BCUT2D eigenvalue weighted by Crippen LogP contribution is 2.38. The molecule has 6 heteroatoms. The Morgan fingerprint density at radius 1 is 1.10 bits per heavy atom. The van der Waals surface area contributed by atoms with Crippen molar-refractivity contribution < 1.29 is 9.53 Å². The first-order valence-corrected chi connectivity index (χ1v) is 11.3. The van der Waals surface area contributed by atoms with Gasteiger partial charge in [0.2, 0.25) is 11.8 Å². The molecule has 2 rings (SSSR count). The van der Waals surface area contributed by atoms with E-state index in [9.17, 15) is 4.79 Å². The van der Waals surface area contributed by atoms with Crippen LogP contribution in [0.2, 0.25) is 0 Å². The summed E-state index contributed by atoms with van der Waals surface area (Å²) in [5.41, 5.74) is 5.53. The fourth-order valence-corrected chi connectivity index (χ4v) is 3.66. The molecule has 0 saturated heterocycles. The summed E-state index contributed by atoms with van der Waals surface area (Å²) < 4.78 is 6.34. The third kappa shape index (κ3) is 6.11. The number of pyridine rings is 1. The van der Waals surface area contributed by atoms with Gasteiger partial charge in [0.25, 0.3) is 0 Å². The summed E-state index contributed by atoms with van der Waals surface area (Å²) in [6, 6.07) is 6.45. The number of hydrogen-bond donors (Lipinski definition) is 2. The van der Waals surface area contributed by atoms with Gasteiger partial charge in [-0.3, -0.25) is 4.79 Å². The molecular weight excluding hydrogens is 398 g/mol. The smallest absolute Gasteiger partial charge is 0.245 e. The topological polar surface area (TPSA) is 63.2 Å². The van der Waals surface area contributed by atoms with E-state index in [4.69, 9.17) is 21.3 Å². The van der Waals surface area contributed by atoms with Gasteiger partial charge in [-0.1, -0.05) is 38.5 Å². The van der Waals surface area contributed by atoms with Crippen LogP contribution in [0.15, 0.2) is 18.2 Å². The Bertz CT molecular complexity index is 856. The molecule has 0 bridgehead atoms. The zero-order valence-electron chi connectivity index (χ0n) is 19.0. The molecule has 2 aromatic rings. The number of carbonyl (C=O) groups is 1. The Kier molecular flexibility index (Phi) is 8.97. The molecule has 0 saturated carbocycles. The van der Waals surface area contributed by atoms with Gasteiger partial charge >= 0.3 is 0 Å². The summed E-state index contributed by atoms with van der Waals surface area (Å²) in [6.07, 6.45) is 2.93. The molecule has 0 atom stereocenters. The normalized spacial score (nSPS) is 10.9. The molecule has 30 heavy (non-hydrogen) atoms. The van der Waals surface area contributed by atoms with Gasteiger partial charge in [0.15, 0.2) is 0 Å². The third-order valence-electron chi connectivity index (χ3n) is 5.14. The second-order valence-corrected chi connectivity index (χ2v) is 8.05. The number of nitrogens with one attached hydrogen (secondary N) is 2. The molecule has 0 aliphatic rings. The number of aromatic nitrogens is 1. The number of alkyl halides is 1. The van der Waals surface area contributed by atoms with E-state index in [1.807, 2.05) is 19.9 Å². The van der Waals surface area contributed by atoms with Crippen molar-refractivity contribution in [1.82, 2.24) is 4.98 Å². The number of ether oxygens (including phenoxy) is 1. The lowest BCUT2D eigenvalue weighted by Gasteiger charge is -2.23. The van der Waals surface area contributed by atoms with Crippen LogP contribution in [-0.2, 0) is 11.2 Å². The number of nitrogens with zero attached hydrogens (tertiary/aromatic N) is 1. The molecule has 1 amide bonds. The predicted octanol–water partition coefficient (Wildman–Crippen LogP) is 6.53. The fraction of sp³-hybridized carbons (Fsp3) is 0.500. The van der Waals surface area contributed by atoms with Crippen molar-refractivity contribution in [3.63, 3.8) is 0 Å². The van der Waals surface area contributed by atoms with E-state index < -0.39 is 0 Å². The molecule has 0 aliphatic carbocycles. The highest BCUT2D eigenvalue weighted by molar-refractivity contribution is 6.19. The standard InChI is InChI=1S/C24H34ClN3O2/c1-7-18(8-2)26-20-14-19(9-3)27-24(22(20)28-21(29)10-11-25)30-23-16(5)12-15(4)13-17(23)6/h12-14,18H,7-11H2,1-6H3,(H,26,27)(H,28,29). The first-order chi connectivity index (χ1) is 14.3. The number of benzene rings is 1. The maximum Gasteiger partial charge on any atom is 0.245 e. The van der Waals surface area contributed by atoms with Gasteiger partial charge in [0, 0.05) is 24.0 Å². The molecule has 0 spiro atoms. The first kappa shape index (κ1) is 24.0. The lowest BCUT2D eigenvalue weighted by atomic mass is 10.1. The number of carbonyl (C=O) groups excluding carboxylic acids is 1. The van der Waals surface area contributed by atoms with Crippen molar-refractivity contribution in [3.05, 3.63) is 40.6 Å². The number of halogens is 1. The van der Waals surface area contributed by atoms with Crippen LogP contribution in [0, 0.1) is 20.8 Å². The van der Waals surface area contributed by atoms with Gasteiger partial charge in [-0.2, -0.15) is 0 Å². The molecule has 164 valence electrons. The molecule has 1 aromatic heterocycles. The zero-order valence-corrected chi connectivity index (χ0v) is 19.7. The van der Waals surface area contributed by atoms with E-state index in [0.29, 0.717) is 11.6 Å². The SMILES string of the molecule is CCc1cc(NC(CC)CC)c(NC(=O)CCCl)c(Oc2c(C)cc(C)cc2C)n1. The van der Waals surface area contributed by atoms with Gasteiger partial charge in [0.1, 0.15) is 11.4 Å². The van der Waals surface area contributed by atoms with Crippen molar-refractivity contribution in [2.24, 2.45) is 0 Å². The summed E-state index contributed by atoms with van der Waals surface area (Å²) in [4.78, 5) is 17.1. The zero-order chi connectivity index (χ0) is 22.3. The summed E-state index contributed by atoms with van der Waals surface area (Å²) in [5.74, 6) is 1.27. The quantitative estimate of drug-likeness (QED) is 0.420. The lowest BCUT2D eigenvalue weighted by molar-refractivity contribution is -0.115. The van der Waals surface area contributed by atoms with Crippen molar-refractivity contribution >= 4 is 28.9 Å². The van der Waals surface area contributed by atoms with Gasteiger partial charge < -0.3 is 15.4 Å². The second kappa shape index (κ2) is 11.2. The van der Waals surface area contributed by atoms with E-state index in [-0.39, 0.29) is 24.2 Å². The van der Waals surface area contributed by atoms with Crippen LogP contribution < -0.4 is 15.4 Å². The summed E-state index contributed by atoms with van der Waals surface area (Å²) >= 11 is 5.78. The van der Waals surface area contributed by atoms with Crippen LogP contribution in [0.5, 0.6) is 11.6 Å². The number of amides is 1. The Labute approximate surface area is 185 Å². The van der Waals surface area contributed by atoms with E-state index in [1.165, 1.54) is 5.56 Å². The number of rotatable bonds is 10. The monoisotopic (exact) mass is 431 g/mol. The number of anilines is 2. The largest absolute Gasteiger partial charge is 0.436 e. The molecule has 0 unspecified atom stereocenters. The van der Waals surface area contributed by atoms with Crippen LogP contribution in [0.3, 0.4) is 0 Å². The minimum atomic E-state index is -0.161. The van der Waals surface area contributed by atoms with E-state index >= 15 is 0 Å². The molecule has 0 fully saturated rings. The van der Waals surface area contributed by atoms with Crippen LogP contribution in [0.1, 0.15) is 62.4 Å². The highest BCUT2D eigenvalue weighted by atomic mass is 35.5. The second-order valence-electron chi connectivity index (χ2n) is 7.67. The minimum Gasteiger partial charge on any atom is -0.436 e. The Morgan fingerprint density at radius 3 is 2.27 bits per heavy atom. The lowest BCUT2D eigenvalue weighted by Crippen LogP contribution is -2.21. The molecule has 5 nitrogen and oxygen atoms in total.